The molecular weight excluding hydrogens is 803 g/mol. The molecule has 9 nitrogen and oxygen atoms in total. The van der Waals surface area contributed by atoms with Crippen LogP contribution in [-0.4, -0.2) is 87.5 Å². The van der Waals surface area contributed by atoms with Crippen molar-refractivity contribution < 1.29 is 39.8 Å². The summed E-state index contributed by atoms with van der Waals surface area (Å²) in [6.45, 7) is 3.70. The second-order valence-corrected chi connectivity index (χ2v) is 17.9. The third-order valence-corrected chi connectivity index (χ3v) is 12.1. The molecule has 6 N–H and O–H groups in total. The van der Waals surface area contributed by atoms with Crippen molar-refractivity contribution >= 4 is 5.91 Å². The Balaban J connectivity index is 2.32. The molecule has 1 fully saturated rings. The molecule has 7 atom stereocenters. The predicted molar refractivity (Wildman–Crippen MR) is 267 cm³/mol. The molecule has 7 unspecified atom stereocenters. The summed E-state index contributed by atoms with van der Waals surface area (Å²) in [7, 11) is 0. The maximum absolute atomic E-state index is 13.0. The lowest BCUT2D eigenvalue weighted by molar-refractivity contribution is -0.302. The van der Waals surface area contributed by atoms with Crippen molar-refractivity contribution in [3.63, 3.8) is 0 Å². The van der Waals surface area contributed by atoms with Gasteiger partial charge in [0.2, 0.25) is 5.91 Å². The Kier molecular flexibility index (Phi) is 41.4. The first-order chi connectivity index (χ1) is 31.3. The number of unbranched alkanes of at least 4 members (excludes halogenated alkanes) is 21. The second kappa shape index (κ2) is 44.5. The lowest BCUT2D eigenvalue weighted by atomic mass is 9.99. The fourth-order valence-electron chi connectivity index (χ4n) is 7.93. The summed E-state index contributed by atoms with van der Waals surface area (Å²) in [5, 5.41) is 54.5. The van der Waals surface area contributed by atoms with E-state index in [9.17, 15) is 30.3 Å². The van der Waals surface area contributed by atoms with E-state index < -0.39 is 49.5 Å². The molecule has 1 rings (SSSR count). The van der Waals surface area contributed by atoms with Crippen LogP contribution in [0.2, 0.25) is 0 Å². The molecule has 1 aliphatic heterocycles. The highest BCUT2D eigenvalue weighted by Crippen LogP contribution is 2.23. The maximum Gasteiger partial charge on any atom is 0.220 e. The number of amides is 1. The van der Waals surface area contributed by atoms with Gasteiger partial charge in [0.1, 0.15) is 24.4 Å². The van der Waals surface area contributed by atoms with Crippen molar-refractivity contribution in [1.29, 1.82) is 0 Å². The van der Waals surface area contributed by atoms with Crippen molar-refractivity contribution in [2.75, 3.05) is 13.2 Å². The number of carbonyl (C=O) groups excluding carboxylic acids is 1. The molecule has 0 aromatic rings. The average molecular weight is 900 g/mol. The van der Waals surface area contributed by atoms with Gasteiger partial charge >= 0.3 is 0 Å². The van der Waals surface area contributed by atoms with Gasteiger partial charge in [0.15, 0.2) is 6.29 Å². The first-order valence-corrected chi connectivity index (χ1v) is 26.1. The predicted octanol–water partition coefficient (Wildman–Crippen LogP) is 12.1. The molecule has 1 aliphatic rings. The van der Waals surface area contributed by atoms with E-state index in [1.54, 1.807) is 0 Å². The summed E-state index contributed by atoms with van der Waals surface area (Å²) in [6.07, 6.45) is 53.4. The van der Waals surface area contributed by atoms with Crippen molar-refractivity contribution in [1.82, 2.24) is 5.32 Å². The molecular formula is C55H97NO8. The fourth-order valence-corrected chi connectivity index (χ4v) is 7.93. The van der Waals surface area contributed by atoms with E-state index >= 15 is 0 Å². The molecule has 1 amide bonds. The van der Waals surface area contributed by atoms with Gasteiger partial charge in [-0.15, -0.1) is 0 Å². The molecule has 9 heteroatoms. The van der Waals surface area contributed by atoms with Crippen molar-refractivity contribution in [2.24, 2.45) is 0 Å². The Morgan fingerprint density at radius 2 is 0.969 bits per heavy atom. The van der Waals surface area contributed by atoms with Gasteiger partial charge in [-0.3, -0.25) is 4.79 Å². The fraction of sp³-hybridized carbons (Fsp3) is 0.764. The quantitative estimate of drug-likeness (QED) is 0.0262. The maximum atomic E-state index is 13.0. The SMILES string of the molecule is CC/C=C\C/C=C\C/C=C\C/C=C\C/C=C\C/C=C\CCCCC(=O)NC(COC1OC(CO)C(O)C(O)C1O)C(O)CCCCCCCCCCCCCCCCCCCCCC. The minimum Gasteiger partial charge on any atom is -0.394 e. The van der Waals surface area contributed by atoms with Crippen LogP contribution >= 0.6 is 0 Å². The van der Waals surface area contributed by atoms with Gasteiger partial charge in [-0.2, -0.15) is 0 Å². The molecule has 1 heterocycles. The first kappa shape index (κ1) is 59.6. The monoisotopic (exact) mass is 900 g/mol. The van der Waals surface area contributed by atoms with Crippen LogP contribution in [0.4, 0.5) is 0 Å². The number of allylic oxidation sites excluding steroid dienone is 12. The Morgan fingerprint density at radius 3 is 1.41 bits per heavy atom. The van der Waals surface area contributed by atoms with E-state index in [2.05, 4.69) is 92.1 Å². The van der Waals surface area contributed by atoms with E-state index in [0.717, 1.165) is 70.6 Å². The van der Waals surface area contributed by atoms with E-state index in [1.807, 2.05) is 0 Å². The van der Waals surface area contributed by atoms with Crippen LogP contribution in [0.1, 0.15) is 213 Å². The third-order valence-electron chi connectivity index (χ3n) is 12.1. The molecule has 0 aromatic carbocycles. The highest BCUT2D eigenvalue weighted by Gasteiger charge is 2.44. The average Bonchev–Trinajstić information content (AvgIpc) is 3.29. The van der Waals surface area contributed by atoms with Gasteiger partial charge < -0.3 is 40.3 Å². The summed E-state index contributed by atoms with van der Waals surface area (Å²) in [5.41, 5.74) is 0. The highest BCUT2D eigenvalue weighted by molar-refractivity contribution is 5.76. The van der Waals surface area contributed by atoms with Crippen LogP contribution < -0.4 is 5.32 Å². The number of aliphatic hydroxyl groups is 5. The van der Waals surface area contributed by atoms with Crippen LogP contribution in [0.25, 0.3) is 0 Å². The van der Waals surface area contributed by atoms with Crippen LogP contribution in [0.3, 0.4) is 0 Å². The zero-order valence-corrected chi connectivity index (χ0v) is 40.8. The number of rotatable bonds is 43. The number of hydrogen-bond acceptors (Lipinski definition) is 8. The van der Waals surface area contributed by atoms with Gasteiger partial charge in [0, 0.05) is 6.42 Å². The largest absolute Gasteiger partial charge is 0.394 e. The molecule has 0 saturated carbocycles. The van der Waals surface area contributed by atoms with Crippen LogP contribution in [-0.2, 0) is 14.3 Å². The van der Waals surface area contributed by atoms with E-state index in [4.69, 9.17) is 9.47 Å². The third kappa shape index (κ3) is 34.0. The lowest BCUT2D eigenvalue weighted by Crippen LogP contribution is -2.60. The van der Waals surface area contributed by atoms with Gasteiger partial charge in [-0.1, -0.05) is 215 Å². The van der Waals surface area contributed by atoms with Crippen molar-refractivity contribution in [3.8, 4) is 0 Å². The molecule has 0 radical (unpaired) electrons. The van der Waals surface area contributed by atoms with Crippen LogP contribution in [0.5, 0.6) is 0 Å². The standard InChI is InChI=1S/C55H97NO8/c1-3-5-7-9-11-13-15-17-19-21-23-25-27-29-31-33-35-37-39-41-43-45-51(59)56-48(47-63-55-54(62)53(61)52(60)50(46-57)64-55)49(58)44-42-40-38-36-34-32-30-28-26-24-22-20-18-16-14-12-10-8-6-4-2/h5,7,11,13,17,19,23,25,29,31,35,37,48-50,52-55,57-58,60-62H,3-4,6,8-10,12,14-16,18,20-22,24,26-28,30,32-34,36,38-47H2,1-2H3,(H,56,59)/b7-5-,13-11-,19-17-,25-23-,31-29-,37-35-. The topological polar surface area (TPSA) is 149 Å². The summed E-state index contributed by atoms with van der Waals surface area (Å²) in [6, 6.07) is -0.747. The Morgan fingerprint density at radius 1 is 0.547 bits per heavy atom. The van der Waals surface area contributed by atoms with Gasteiger partial charge in [0.05, 0.1) is 25.4 Å². The summed E-state index contributed by atoms with van der Waals surface area (Å²) < 4.78 is 11.3. The van der Waals surface area contributed by atoms with Gasteiger partial charge in [0.25, 0.3) is 0 Å². The number of carbonyl (C=O) groups is 1. The molecule has 370 valence electrons. The number of hydrogen-bond donors (Lipinski definition) is 6. The molecule has 0 aliphatic carbocycles. The highest BCUT2D eigenvalue weighted by atomic mass is 16.7. The van der Waals surface area contributed by atoms with Crippen LogP contribution in [0.15, 0.2) is 72.9 Å². The molecule has 1 saturated heterocycles. The minimum absolute atomic E-state index is 0.159. The number of aliphatic hydroxyl groups excluding tert-OH is 5. The summed E-state index contributed by atoms with van der Waals surface area (Å²) in [5.74, 6) is -0.187. The van der Waals surface area contributed by atoms with Gasteiger partial charge in [-0.05, 0) is 64.2 Å². The zero-order chi connectivity index (χ0) is 46.6. The normalized spacial score (nSPS) is 20.6. The zero-order valence-electron chi connectivity index (χ0n) is 40.8. The molecule has 0 spiro atoms. The summed E-state index contributed by atoms with van der Waals surface area (Å²) >= 11 is 0. The number of ether oxygens (including phenoxy) is 2. The second-order valence-electron chi connectivity index (χ2n) is 17.9. The molecule has 0 bridgehead atoms. The molecule has 0 aromatic heterocycles. The summed E-state index contributed by atoms with van der Waals surface area (Å²) in [4.78, 5) is 13.0. The van der Waals surface area contributed by atoms with Crippen molar-refractivity contribution in [3.05, 3.63) is 72.9 Å². The smallest absolute Gasteiger partial charge is 0.220 e. The van der Waals surface area contributed by atoms with E-state index in [1.165, 1.54) is 109 Å². The van der Waals surface area contributed by atoms with E-state index in [-0.39, 0.29) is 12.5 Å². The Bertz CT molecular complexity index is 1230. The Hall–Kier alpha value is -2.37. The van der Waals surface area contributed by atoms with E-state index in [0.29, 0.717) is 19.3 Å². The lowest BCUT2D eigenvalue weighted by Gasteiger charge is -2.40. The van der Waals surface area contributed by atoms with Crippen molar-refractivity contribution in [2.45, 2.75) is 256 Å². The minimum atomic E-state index is -1.57. The first-order valence-electron chi connectivity index (χ1n) is 26.1. The molecule has 64 heavy (non-hydrogen) atoms. The van der Waals surface area contributed by atoms with Gasteiger partial charge in [-0.25, -0.2) is 0 Å². The van der Waals surface area contributed by atoms with Crippen LogP contribution in [0, 0.1) is 0 Å². The number of nitrogens with one attached hydrogen (secondary N) is 1. The Labute approximate surface area is 391 Å².